The van der Waals surface area contributed by atoms with Gasteiger partial charge in [0.15, 0.2) is 0 Å². The van der Waals surface area contributed by atoms with Crippen LogP contribution in [-0.2, 0) is 11.3 Å². The van der Waals surface area contributed by atoms with Crippen LogP contribution in [0.15, 0.2) is 4.79 Å². The lowest BCUT2D eigenvalue weighted by molar-refractivity contribution is -0.0710. The van der Waals surface area contributed by atoms with Crippen LogP contribution in [0.5, 0.6) is 0 Å². The van der Waals surface area contributed by atoms with E-state index < -0.39 is 0 Å². The van der Waals surface area contributed by atoms with Crippen LogP contribution in [0.1, 0.15) is 30.1 Å². The first-order chi connectivity index (χ1) is 9.94. The topological polar surface area (TPSA) is 58.2 Å². The normalized spacial score (nSPS) is 23.8. The molecule has 0 unspecified atom stereocenters. The summed E-state index contributed by atoms with van der Waals surface area (Å²) in [5, 5.41) is 0.741. The maximum Gasteiger partial charge on any atom is 0.259 e. The Morgan fingerprint density at radius 1 is 1.33 bits per heavy atom. The van der Waals surface area contributed by atoms with E-state index >= 15 is 0 Å². The first kappa shape index (κ1) is 14.7. The molecule has 114 valence electrons. The van der Waals surface area contributed by atoms with Gasteiger partial charge in [0.2, 0.25) is 0 Å². The van der Waals surface area contributed by atoms with Crippen LogP contribution in [-0.4, -0.2) is 40.2 Å². The van der Waals surface area contributed by atoms with E-state index in [0.717, 1.165) is 39.6 Å². The Kier molecular flexibility index (Phi) is 3.86. The van der Waals surface area contributed by atoms with Gasteiger partial charge in [0.05, 0.1) is 24.1 Å². The monoisotopic (exact) mass is 307 g/mol. The molecule has 0 spiro atoms. The molecule has 2 atom stereocenters. The second-order valence-corrected chi connectivity index (χ2v) is 7.13. The zero-order valence-corrected chi connectivity index (χ0v) is 13.7. The van der Waals surface area contributed by atoms with Gasteiger partial charge in [0.1, 0.15) is 10.7 Å². The molecule has 6 heteroatoms. The van der Waals surface area contributed by atoms with Crippen molar-refractivity contribution in [3.63, 3.8) is 0 Å². The smallest absolute Gasteiger partial charge is 0.259 e. The largest absolute Gasteiger partial charge is 0.373 e. The Balaban J connectivity index is 1.89. The molecule has 21 heavy (non-hydrogen) atoms. The molecule has 0 saturated carbocycles. The SMILES string of the molecule is Cc1sc2nc(CN3C[C@@H](C)O[C@@H](C)C3)[nH]c(=O)c2c1C. The van der Waals surface area contributed by atoms with Gasteiger partial charge in [-0.15, -0.1) is 11.3 Å². The average molecular weight is 307 g/mol. The highest BCUT2D eigenvalue weighted by Gasteiger charge is 2.23. The van der Waals surface area contributed by atoms with E-state index in [1.165, 1.54) is 0 Å². The molecule has 0 aliphatic carbocycles. The summed E-state index contributed by atoms with van der Waals surface area (Å²) in [4.78, 5) is 24.1. The van der Waals surface area contributed by atoms with Gasteiger partial charge in [-0.1, -0.05) is 0 Å². The zero-order valence-electron chi connectivity index (χ0n) is 12.9. The first-order valence-electron chi connectivity index (χ1n) is 7.30. The Labute approximate surface area is 128 Å². The lowest BCUT2D eigenvalue weighted by Gasteiger charge is -2.34. The van der Waals surface area contributed by atoms with Gasteiger partial charge in [-0.2, -0.15) is 0 Å². The van der Waals surface area contributed by atoms with Crippen molar-refractivity contribution in [2.75, 3.05) is 13.1 Å². The summed E-state index contributed by atoms with van der Waals surface area (Å²) in [7, 11) is 0. The maximum absolute atomic E-state index is 12.3. The van der Waals surface area contributed by atoms with E-state index in [9.17, 15) is 4.79 Å². The van der Waals surface area contributed by atoms with Crippen molar-refractivity contribution in [2.45, 2.75) is 46.4 Å². The van der Waals surface area contributed by atoms with Crippen molar-refractivity contribution in [3.05, 3.63) is 26.6 Å². The molecule has 3 heterocycles. The predicted octanol–water partition coefficient (Wildman–Crippen LogP) is 2.21. The highest BCUT2D eigenvalue weighted by atomic mass is 32.1. The number of aromatic nitrogens is 2. The number of fused-ring (bicyclic) bond motifs is 1. The average Bonchev–Trinajstić information content (AvgIpc) is 2.63. The van der Waals surface area contributed by atoms with Crippen molar-refractivity contribution in [3.8, 4) is 0 Å². The highest BCUT2D eigenvalue weighted by molar-refractivity contribution is 7.18. The minimum absolute atomic E-state index is 0.0220. The van der Waals surface area contributed by atoms with Gasteiger partial charge in [0.25, 0.3) is 5.56 Å². The molecule has 2 aromatic rings. The maximum atomic E-state index is 12.3. The molecule has 0 radical (unpaired) electrons. The van der Waals surface area contributed by atoms with Crippen molar-refractivity contribution in [1.29, 1.82) is 0 Å². The third-order valence-electron chi connectivity index (χ3n) is 3.96. The van der Waals surface area contributed by atoms with Gasteiger partial charge in [-0.3, -0.25) is 9.69 Å². The third-order valence-corrected chi connectivity index (χ3v) is 5.06. The fraction of sp³-hybridized carbons (Fsp3) is 0.600. The van der Waals surface area contributed by atoms with Gasteiger partial charge >= 0.3 is 0 Å². The fourth-order valence-electron chi connectivity index (χ4n) is 3.00. The standard InChI is InChI=1S/C15H21N3O2S/c1-8-5-18(6-9(2)20-8)7-12-16-14(19)13-10(3)11(4)21-15(13)17-12/h8-9H,5-7H2,1-4H3,(H,16,17,19)/t8-,9+. The van der Waals surface area contributed by atoms with Gasteiger partial charge in [-0.25, -0.2) is 4.98 Å². The summed E-state index contributed by atoms with van der Waals surface area (Å²) in [6.45, 7) is 10.6. The molecule has 0 amide bonds. The fourth-order valence-corrected chi connectivity index (χ4v) is 4.05. The number of nitrogens with one attached hydrogen (secondary N) is 1. The summed E-state index contributed by atoms with van der Waals surface area (Å²) in [5.41, 5.74) is 1.02. The van der Waals surface area contributed by atoms with E-state index in [2.05, 4.69) is 28.7 Å². The van der Waals surface area contributed by atoms with Crippen molar-refractivity contribution < 1.29 is 4.74 Å². The molecule has 2 aromatic heterocycles. The van der Waals surface area contributed by atoms with Crippen molar-refractivity contribution in [1.82, 2.24) is 14.9 Å². The number of hydrogen-bond acceptors (Lipinski definition) is 5. The van der Waals surface area contributed by atoms with Crippen LogP contribution in [0.25, 0.3) is 10.2 Å². The van der Waals surface area contributed by atoms with E-state index in [1.54, 1.807) is 11.3 Å². The van der Waals surface area contributed by atoms with Gasteiger partial charge in [0, 0.05) is 18.0 Å². The number of aromatic amines is 1. The van der Waals surface area contributed by atoms with Crippen LogP contribution in [0.3, 0.4) is 0 Å². The molecule has 1 saturated heterocycles. The van der Waals surface area contributed by atoms with E-state index in [0.29, 0.717) is 6.54 Å². The van der Waals surface area contributed by atoms with E-state index in [1.807, 2.05) is 13.8 Å². The number of rotatable bonds is 2. The summed E-state index contributed by atoms with van der Waals surface area (Å²) in [5.74, 6) is 0.745. The van der Waals surface area contributed by atoms with E-state index in [4.69, 9.17) is 4.74 Å². The predicted molar refractivity (Wildman–Crippen MR) is 85.0 cm³/mol. The minimum atomic E-state index is -0.0220. The van der Waals surface area contributed by atoms with Gasteiger partial charge < -0.3 is 9.72 Å². The minimum Gasteiger partial charge on any atom is -0.373 e. The zero-order chi connectivity index (χ0) is 15.1. The van der Waals surface area contributed by atoms with Crippen LogP contribution in [0.2, 0.25) is 0 Å². The quantitative estimate of drug-likeness (QED) is 0.924. The summed E-state index contributed by atoms with van der Waals surface area (Å²) in [6.07, 6.45) is 0.436. The third kappa shape index (κ3) is 2.88. The number of thiophene rings is 1. The van der Waals surface area contributed by atoms with Crippen molar-refractivity contribution >= 4 is 21.6 Å². The Morgan fingerprint density at radius 3 is 2.67 bits per heavy atom. The number of nitrogens with zero attached hydrogens (tertiary/aromatic N) is 2. The molecule has 1 aliphatic heterocycles. The molecular weight excluding hydrogens is 286 g/mol. The number of ether oxygens (including phenoxy) is 1. The van der Waals surface area contributed by atoms with E-state index in [-0.39, 0.29) is 17.8 Å². The summed E-state index contributed by atoms with van der Waals surface area (Å²) in [6, 6.07) is 0. The number of H-pyrrole nitrogens is 1. The Hall–Kier alpha value is -1.24. The van der Waals surface area contributed by atoms with Gasteiger partial charge in [-0.05, 0) is 33.3 Å². The number of hydrogen-bond donors (Lipinski definition) is 1. The summed E-state index contributed by atoms with van der Waals surface area (Å²) >= 11 is 1.60. The Bertz CT molecular complexity index is 712. The molecule has 0 aromatic carbocycles. The molecular formula is C15H21N3O2S. The van der Waals surface area contributed by atoms with Crippen LogP contribution in [0.4, 0.5) is 0 Å². The number of aryl methyl sites for hydroxylation is 2. The highest BCUT2D eigenvalue weighted by Crippen LogP contribution is 2.25. The van der Waals surface area contributed by atoms with Crippen LogP contribution in [0, 0.1) is 13.8 Å². The molecule has 1 N–H and O–H groups in total. The van der Waals surface area contributed by atoms with Crippen LogP contribution < -0.4 is 5.56 Å². The number of morpholine rings is 1. The molecule has 1 fully saturated rings. The summed E-state index contributed by atoms with van der Waals surface area (Å²) < 4.78 is 5.74. The second-order valence-electron chi connectivity index (χ2n) is 5.93. The molecule has 5 nitrogen and oxygen atoms in total. The molecule has 3 rings (SSSR count). The lowest BCUT2D eigenvalue weighted by Crippen LogP contribution is -2.45. The van der Waals surface area contributed by atoms with Crippen molar-refractivity contribution in [2.24, 2.45) is 0 Å². The Morgan fingerprint density at radius 2 is 2.00 bits per heavy atom. The molecule has 0 bridgehead atoms. The first-order valence-corrected chi connectivity index (χ1v) is 8.12. The molecule has 1 aliphatic rings. The lowest BCUT2D eigenvalue weighted by atomic mass is 10.2. The second kappa shape index (κ2) is 5.51. The van der Waals surface area contributed by atoms with Crippen LogP contribution >= 0.6 is 11.3 Å².